The van der Waals surface area contributed by atoms with Crippen LogP contribution in [0.3, 0.4) is 0 Å². The van der Waals surface area contributed by atoms with E-state index in [0.29, 0.717) is 48.9 Å². The molecule has 1 aliphatic heterocycles. The topological polar surface area (TPSA) is 23.6 Å². The number of rotatable bonds is 5. The van der Waals surface area contributed by atoms with Gasteiger partial charge in [-0.05, 0) is 18.2 Å². The SMILES string of the molecule is O=C(C=CN1CCN(Cc2cccc(F)c2F)CC1)c1ccccc1Cl. The zero-order valence-corrected chi connectivity index (χ0v) is 14.9. The largest absolute Gasteiger partial charge is 0.375 e. The number of carbonyl (C=O) groups excluding carboxylic acids is 1. The summed E-state index contributed by atoms with van der Waals surface area (Å²) in [6.45, 7) is 3.22. The molecule has 3 nitrogen and oxygen atoms in total. The van der Waals surface area contributed by atoms with E-state index in [1.165, 1.54) is 12.1 Å². The second kappa shape index (κ2) is 8.43. The number of nitrogens with zero attached hydrogens (tertiary/aromatic N) is 2. The summed E-state index contributed by atoms with van der Waals surface area (Å²) < 4.78 is 27.1. The normalized spacial score (nSPS) is 15.6. The fraction of sp³-hybridized carbons (Fsp3) is 0.250. The highest BCUT2D eigenvalue weighted by Gasteiger charge is 2.17. The van der Waals surface area contributed by atoms with E-state index in [1.54, 1.807) is 36.5 Å². The molecule has 136 valence electrons. The van der Waals surface area contributed by atoms with E-state index >= 15 is 0 Å². The lowest BCUT2D eigenvalue weighted by Crippen LogP contribution is -2.43. The van der Waals surface area contributed by atoms with Crippen molar-refractivity contribution in [1.29, 1.82) is 0 Å². The van der Waals surface area contributed by atoms with E-state index < -0.39 is 11.6 Å². The quantitative estimate of drug-likeness (QED) is 0.579. The molecule has 0 radical (unpaired) electrons. The van der Waals surface area contributed by atoms with Crippen molar-refractivity contribution in [3.8, 4) is 0 Å². The number of benzene rings is 2. The minimum atomic E-state index is -0.817. The molecule has 6 heteroatoms. The minimum Gasteiger partial charge on any atom is -0.375 e. The highest BCUT2D eigenvalue weighted by molar-refractivity contribution is 6.34. The Morgan fingerprint density at radius 2 is 1.77 bits per heavy atom. The maximum Gasteiger partial charge on any atom is 0.188 e. The van der Waals surface area contributed by atoms with Crippen LogP contribution in [0.4, 0.5) is 8.78 Å². The van der Waals surface area contributed by atoms with Gasteiger partial charge in [0.1, 0.15) is 0 Å². The van der Waals surface area contributed by atoms with Crippen LogP contribution in [0.2, 0.25) is 5.02 Å². The van der Waals surface area contributed by atoms with E-state index in [9.17, 15) is 13.6 Å². The average Bonchev–Trinajstić information content (AvgIpc) is 2.65. The van der Waals surface area contributed by atoms with Crippen molar-refractivity contribution in [2.75, 3.05) is 26.2 Å². The Hall–Kier alpha value is -2.24. The molecule has 0 aromatic heterocycles. The van der Waals surface area contributed by atoms with Crippen LogP contribution in [-0.4, -0.2) is 41.8 Å². The van der Waals surface area contributed by atoms with Gasteiger partial charge in [0.05, 0.1) is 5.02 Å². The van der Waals surface area contributed by atoms with Crippen LogP contribution in [0, 0.1) is 11.6 Å². The lowest BCUT2D eigenvalue weighted by molar-refractivity contribution is 0.104. The van der Waals surface area contributed by atoms with Crippen molar-refractivity contribution in [2.45, 2.75) is 6.54 Å². The number of halogens is 3. The van der Waals surface area contributed by atoms with Crippen molar-refractivity contribution < 1.29 is 13.6 Å². The third-order valence-corrected chi connectivity index (χ3v) is 4.74. The summed E-state index contributed by atoms with van der Waals surface area (Å²) in [7, 11) is 0. The molecule has 1 saturated heterocycles. The van der Waals surface area contributed by atoms with E-state index in [-0.39, 0.29) is 5.78 Å². The molecule has 0 aliphatic carbocycles. The van der Waals surface area contributed by atoms with Crippen LogP contribution in [0.25, 0.3) is 0 Å². The molecule has 1 aliphatic rings. The molecule has 0 atom stereocenters. The zero-order chi connectivity index (χ0) is 18.5. The molecule has 26 heavy (non-hydrogen) atoms. The molecule has 0 saturated carbocycles. The number of ketones is 1. The Morgan fingerprint density at radius 3 is 2.50 bits per heavy atom. The predicted molar refractivity (Wildman–Crippen MR) is 98.1 cm³/mol. The molecule has 3 rings (SSSR count). The maximum absolute atomic E-state index is 13.8. The van der Waals surface area contributed by atoms with Crippen molar-refractivity contribution in [1.82, 2.24) is 9.80 Å². The second-order valence-electron chi connectivity index (χ2n) is 6.18. The molecule has 1 heterocycles. The van der Waals surface area contributed by atoms with Gasteiger partial charge in [-0.3, -0.25) is 9.69 Å². The van der Waals surface area contributed by atoms with Crippen LogP contribution >= 0.6 is 11.6 Å². The Kier molecular flexibility index (Phi) is 6.01. The fourth-order valence-corrected chi connectivity index (χ4v) is 3.13. The van der Waals surface area contributed by atoms with E-state index in [2.05, 4.69) is 4.90 Å². The molecule has 2 aromatic rings. The van der Waals surface area contributed by atoms with Crippen molar-refractivity contribution in [3.05, 3.63) is 82.5 Å². The Balaban J connectivity index is 1.53. The highest BCUT2D eigenvalue weighted by atomic mass is 35.5. The summed E-state index contributed by atoms with van der Waals surface area (Å²) >= 11 is 6.03. The van der Waals surface area contributed by atoms with Gasteiger partial charge >= 0.3 is 0 Å². The molecule has 0 N–H and O–H groups in total. The first-order valence-electron chi connectivity index (χ1n) is 8.41. The number of hydrogen-bond donors (Lipinski definition) is 0. The Bertz CT molecular complexity index is 817. The Labute approximate surface area is 156 Å². The van der Waals surface area contributed by atoms with Gasteiger partial charge < -0.3 is 4.90 Å². The monoisotopic (exact) mass is 376 g/mol. The van der Waals surface area contributed by atoms with E-state index in [4.69, 9.17) is 11.6 Å². The standard InChI is InChI=1S/C20H19ClF2N2O/c21-17-6-2-1-5-16(17)19(26)8-9-24-10-12-25(13-11-24)14-15-4-3-7-18(22)20(15)23/h1-9H,10-14H2. The molecular formula is C20H19ClF2N2O. The average molecular weight is 377 g/mol. The zero-order valence-electron chi connectivity index (χ0n) is 14.2. The van der Waals surface area contributed by atoms with Crippen molar-refractivity contribution in [2.24, 2.45) is 0 Å². The summed E-state index contributed by atoms with van der Waals surface area (Å²) in [6.07, 6.45) is 3.29. The molecule has 1 fully saturated rings. The molecule has 2 aromatic carbocycles. The third-order valence-electron chi connectivity index (χ3n) is 4.41. The van der Waals surface area contributed by atoms with Gasteiger partial charge in [0.2, 0.25) is 0 Å². The first kappa shape index (κ1) is 18.5. The first-order valence-corrected chi connectivity index (χ1v) is 8.79. The molecule has 0 unspecified atom stereocenters. The van der Waals surface area contributed by atoms with Gasteiger partial charge in [-0.1, -0.05) is 35.9 Å². The number of piperazine rings is 1. The third kappa shape index (κ3) is 4.48. The highest BCUT2D eigenvalue weighted by Crippen LogP contribution is 2.17. The van der Waals surface area contributed by atoms with Gasteiger partial charge in [0.25, 0.3) is 0 Å². The summed E-state index contributed by atoms with van der Waals surface area (Å²) in [4.78, 5) is 16.3. The molecule has 0 bridgehead atoms. The first-order chi connectivity index (χ1) is 12.5. The smallest absolute Gasteiger partial charge is 0.188 e. The summed E-state index contributed by atoms with van der Waals surface area (Å²) in [5.41, 5.74) is 0.841. The van der Waals surface area contributed by atoms with Gasteiger partial charge in [-0.2, -0.15) is 0 Å². The van der Waals surface area contributed by atoms with Crippen LogP contribution in [0.15, 0.2) is 54.7 Å². The van der Waals surface area contributed by atoms with Crippen LogP contribution in [0.5, 0.6) is 0 Å². The van der Waals surface area contributed by atoms with Gasteiger partial charge in [0, 0.05) is 56.1 Å². The molecule has 0 amide bonds. The number of hydrogen-bond acceptors (Lipinski definition) is 3. The van der Waals surface area contributed by atoms with Crippen LogP contribution in [0.1, 0.15) is 15.9 Å². The van der Waals surface area contributed by atoms with Crippen molar-refractivity contribution in [3.63, 3.8) is 0 Å². The molecular weight excluding hydrogens is 358 g/mol. The van der Waals surface area contributed by atoms with Gasteiger partial charge in [-0.25, -0.2) is 8.78 Å². The fourth-order valence-electron chi connectivity index (χ4n) is 2.91. The summed E-state index contributed by atoms with van der Waals surface area (Å²) in [6, 6.07) is 11.2. The van der Waals surface area contributed by atoms with Crippen LogP contribution < -0.4 is 0 Å². The van der Waals surface area contributed by atoms with E-state index in [1.807, 2.05) is 4.90 Å². The summed E-state index contributed by atoms with van der Waals surface area (Å²) in [5, 5.41) is 0.434. The lowest BCUT2D eigenvalue weighted by atomic mass is 10.1. The van der Waals surface area contributed by atoms with Crippen LogP contribution in [-0.2, 0) is 6.54 Å². The Morgan fingerprint density at radius 1 is 1.04 bits per heavy atom. The maximum atomic E-state index is 13.8. The second-order valence-corrected chi connectivity index (χ2v) is 6.59. The predicted octanol–water partition coefficient (Wildman–Crippen LogP) is 4.13. The van der Waals surface area contributed by atoms with Gasteiger partial charge in [-0.15, -0.1) is 0 Å². The van der Waals surface area contributed by atoms with Crippen molar-refractivity contribution >= 4 is 17.4 Å². The summed E-state index contributed by atoms with van der Waals surface area (Å²) in [5.74, 6) is -1.73. The number of carbonyl (C=O) groups is 1. The number of allylic oxidation sites excluding steroid dienone is 1. The van der Waals surface area contributed by atoms with Gasteiger partial charge in [0.15, 0.2) is 17.4 Å². The van der Waals surface area contributed by atoms with E-state index in [0.717, 1.165) is 6.07 Å². The molecule has 0 spiro atoms. The lowest BCUT2D eigenvalue weighted by Gasteiger charge is -2.34. The minimum absolute atomic E-state index is 0.139.